The van der Waals surface area contributed by atoms with Crippen LogP contribution in [0.2, 0.25) is 0 Å². The van der Waals surface area contributed by atoms with E-state index >= 15 is 0 Å². The highest BCUT2D eigenvalue weighted by molar-refractivity contribution is 9.10. The molecular weight excluding hydrogens is 386 g/mol. The smallest absolute Gasteiger partial charge is 0.374 e. The number of halogens is 1. The molecule has 0 aliphatic rings. The molecule has 24 heavy (non-hydrogen) atoms. The first-order valence-electron chi connectivity index (χ1n) is 6.31. The molecule has 1 heterocycles. The first-order chi connectivity index (χ1) is 11.4. The van der Waals surface area contributed by atoms with Crippen molar-refractivity contribution in [2.24, 2.45) is 0 Å². The second-order valence-electron chi connectivity index (χ2n) is 4.33. The summed E-state index contributed by atoms with van der Waals surface area (Å²) in [4.78, 5) is 33.4. The molecule has 1 aromatic carbocycles. The van der Waals surface area contributed by atoms with Crippen LogP contribution in [0.15, 0.2) is 39.4 Å². The lowest BCUT2D eigenvalue weighted by Crippen LogP contribution is -2.21. The maximum absolute atomic E-state index is 11.8. The van der Waals surface area contributed by atoms with Crippen LogP contribution < -0.4 is 5.32 Å². The highest BCUT2D eigenvalue weighted by atomic mass is 79.9. The number of nitriles is 1. The first kappa shape index (κ1) is 17.2. The third kappa shape index (κ3) is 4.17. The Hall–Kier alpha value is -3.19. The van der Waals surface area contributed by atoms with Gasteiger partial charge in [0.25, 0.3) is 11.6 Å². The first-order valence-corrected chi connectivity index (χ1v) is 7.11. The van der Waals surface area contributed by atoms with Gasteiger partial charge in [0.1, 0.15) is 6.07 Å². The van der Waals surface area contributed by atoms with Gasteiger partial charge in [-0.25, -0.2) is 4.79 Å². The summed E-state index contributed by atoms with van der Waals surface area (Å²) in [5.74, 6) is -1.62. The third-order valence-electron chi connectivity index (χ3n) is 2.72. The molecule has 1 amide bonds. The second kappa shape index (κ2) is 7.38. The number of ether oxygens (including phenoxy) is 1. The molecule has 1 aromatic heterocycles. The zero-order valence-electron chi connectivity index (χ0n) is 11.8. The van der Waals surface area contributed by atoms with Crippen LogP contribution in [-0.4, -0.2) is 23.4 Å². The van der Waals surface area contributed by atoms with Crippen molar-refractivity contribution in [3.05, 3.63) is 56.4 Å². The van der Waals surface area contributed by atoms with E-state index in [9.17, 15) is 19.7 Å². The Balaban J connectivity index is 1.98. The van der Waals surface area contributed by atoms with Crippen LogP contribution in [-0.2, 0) is 9.53 Å². The Labute approximate surface area is 143 Å². The number of anilines is 1. The fourth-order valence-electron chi connectivity index (χ4n) is 1.66. The summed E-state index contributed by atoms with van der Waals surface area (Å²) >= 11 is 3.02. The SMILES string of the molecule is N#Cc1cc([N+](=O)[O-])ccc1NC(=O)COC(=O)c1ccc(Br)o1. The van der Waals surface area contributed by atoms with Crippen molar-refractivity contribution in [2.45, 2.75) is 0 Å². The fraction of sp³-hybridized carbons (Fsp3) is 0.0714. The minimum Gasteiger partial charge on any atom is -0.450 e. The maximum atomic E-state index is 11.8. The minimum absolute atomic E-state index is 0.0740. The van der Waals surface area contributed by atoms with E-state index in [4.69, 9.17) is 14.4 Å². The molecule has 0 radical (unpaired) electrons. The Morgan fingerprint density at radius 3 is 2.71 bits per heavy atom. The maximum Gasteiger partial charge on any atom is 0.374 e. The number of nitro benzene ring substituents is 1. The van der Waals surface area contributed by atoms with Gasteiger partial charge in [0, 0.05) is 12.1 Å². The number of furan rings is 1. The van der Waals surface area contributed by atoms with E-state index in [1.54, 1.807) is 6.07 Å². The van der Waals surface area contributed by atoms with Crippen molar-refractivity contribution in [3.8, 4) is 6.07 Å². The fourth-order valence-corrected chi connectivity index (χ4v) is 1.97. The number of hydrogen-bond acceptors (Lipinski definition) is 7. The Morgan fingerprint density at radius 1 is 1.38 bits per heavy atom. The van der Waals surface area contributed by atoms with Crippen molar-refractivity contribution in [1.82, 2.24) is 0 Å². The Bertz CT molecular complexity index is 854. The van der Waals surface area contributed by atoms with Crippen LogP contribution in [0.25, 0.3) is 0 Å². The molecule has 0 bridgehead atoms. The predicted molar refractivity (Wildman–Crippen MR) is 83.1 cm³/mol. The van der Waals surface area contributed by atoms with Gasteiger partial charge in [0.15, 0.2) is 11.3 Å². The number of nitrogens with one attached hydrogen (secondary N) is 1. The number of nitro groups is 1. The molecule has 0 unspecified atom stereocenters. The highest BCUT2D eigenvalue weighted by Gasteiger charge is 2.16. The topological polar surface area (TPSA) is 135 Å². The molecular formula is C14H8BrN3O6. The number of esters is 1. The predicted octanol–water partition coefficient (Wildman–Crippen LogP) is 2.62. The quantitative estimate of drug-likeness (QED) is 0.468. The second-order valence-corrected chi connectivity index (χ2v) is 5.11. The number of hydrogen-bond donors (Lipinski definition) is 1. The van der Waals surface area contributed by atoms with Gasteiger partial charge in [0.05, 0.1) is 16.2 Å². The molecule has 9 nitrogen and oxygen atoms in total. The van der Waals surface area contributed by atoms with Crippen molar-refractivity contribution < 1.29 is 23.7 Å². The van der Waals surface area contributed by atoms with Crippen molar-refractivity contribution >= 4 is 39.2 Å². The number of carbonyl (C=O) groups is 2. The molecule has 0 fully saturated rings. The molecule has 1 N–H and O–H groups in total. The lowest BCUT2D eigenvalue weighted by molar-refractivity contribution is -0.384. The Kier molecular flexibility index (Phi) is 5.28. The zero-order chi connectivity index (χ0) is 17.7. The van der Waals surface area contributed by atoms with E-state index in [0.717, 1.165) is 12.1 Å². The van der Waals surface area contributed by atoms with Crippen molar-refractivity contribution in [1.29, 1.82) is 5.26 Å². The van der Waals surface area contributed by atoms with Gasteiger partial charge in [-0.1, -0.05) is 0 Å². The van der Waals surface area contributed by atoms with Gasteiger partial charge in [-0.15, -0.1) is 0 Å². The number of amides is 1. The minimum atomic E-state index is -0.833. The molecule has 0 atom stereocenters. The normalized spacial score (nSPS) is 9.83. The van der Waals surface area contributed by atoms with Gasteiger partial charge in [0.2, 0.25) is 5.76 Å². The molecule has 0 aliphatic carbocycles. The van der Waals surface area contributed by atoms with Crippen LogP contribution in [0.5, 0.6) is 0 Å². The number of rotatable bonds is 5. The van der Waals surface area contributed by atoms with E-state index in [1.165, 1.54) is 18.2 Å². The molecule has 2 aromatic rings. The molecule has 0 saturated carbocycles. The van der Waals surface area contributed by atoms with Crippen LogP contribution in [0.4, 0.5) is 11.4 Å². The van der Waals surface area contributed by atoms with Gasteiger partial charge in [-0.05, 0) is 34.1 Å². The summed E-state index contributed by atoms with van der Waals surface area (Å²) in [7, 11) is 0. The number of carbonyl (C=O) groups excluding carboxylic acids is 2. The molecule has 0 saturated heterocycles. The summed E-state index contributed by atoms with van der Waals surface area (Å²) in [5, 5.41) is 22.0. The number of non-ortho nitro benzene ring substituents is 1. The van der Waals surface area contributed by atoms with Crippen molar-refractivity contribution in [2.75, 3.05) is 11.9 Å². The zero-order valence-corrected chi connectivity index (χ0v) is 13.4. The molecule has 122 valence electrons. The molecule has 10 heteroatoms. The lowest BCUT2D eigenvalue weighted by Gasteiger charge is -2.07. The van der Waals surface area contributed by atoms with E-state index in [-0.39, 0.29) is 22.7 Å². The summed E-state index contributed by atoms with van der Waals surface area (Å²) in [6.45, 7) is -0.612. The van der Waals surface area contributed by atoms with E-state index in [2.05, 4.69) is 21.2 Å². The standard InChI is InChI=1S/C14H8BrN3O6/c15-12-4-3-11(24-12)14(20)23-7-13(19)17-10-2-1-9(18(21)22)5-8(10)6-16/h1-5H,7H2,(H,17,19). The Morgan fingerprint density at radius 2 is 2.12 bits per heavy atom. The van der Waals surface area contributed by atoms with Crippen LogP contribution in [0.3, 0.4) is 0 Å². The summed E-state index contributed by atoms with van der Waals surface area (Å²) in [6, 6.07) is 8.00. The third-order valence-corrected chi connectivity index (χ3v) is 3.14. The van der Waals surface area contributed by atoms with Gasteiger partial charge >= 0.3 is 5.97 Å². The molecule has 2 rings (SSSR count). The average molecular weight is 394 g/mol. The van der Waals surface area contributed by atoms with Gasteiger partial charge < -0.3 is 14.5 Å². The van der Waals surface area contributed by atoms with Crippen molar-refractivity contribution in [3.63, 3.8) is 0 Å². The van der Waals surface area contributed by atoms with Crippen LogP contribution in [0, 0.1) is 21.4 Å². The highest BCUT2D eigenvalue weighted by Crippen LogP contribution is 2.21. The average Bonchev–Trinajstić information content (AvgIpc) is 2.99. The monoisotopic (exact) mass is 393 g/mol. The van der Waals surface area contributed by atoms with Crippen LogP contribution >= 0.6 is 15.9 Å². The summed E-state index contributed by atoms with van der Waals surface area (Å²) < 4.78 is 10.1. The molecule has 0 spiro atoms. The summed E-state index contributed by atoms with van der Waals surface area (Å²) in [5.41, 5.74) is -0.289. The molecule has 0 aliphatic heterocycles. The number of nitrogens with zero attached hydrogens (tertiary/aromatic N) is 2. The lowest BCUT2D eigenvalue weighted by atomic mass is 10.1. The van der Waals surface area contributed by atoms with Gasteiger partial charge in [-0.3, -0.25) is 14.9 Å². The number of benzene rings is 1. The van der Waals surface area contributed by atoms with E-state index < -0.39 is 23.4 Å². The largest absolute Gasteiger partial charge is 0.450 e. The van der Waals surface area contributed by atoms with Gasteiger partial charge in [-0.2, -0.15) is 5.26 Å². The van der Waals surface area contributed by atoms with Crippen LogP contribution in [0.1, 0.15) is 16.1 Å². The summed E-state index contributed by atoms with van der Waals surface area (Å²) in [6.07, 6.45) is 0. The van der Waals surface area contributed by atoms with E-state index in [0.29, 0.717) is 4.67 Å². The van der Waals surface area contributed by atoms with E-state index in [1.807, 2.05) is 0 Å².